The van der Waals surface area contributed by atoms with Crippen LogP contribution in [0.25, 0.3) is 0 Å². The van der Waals surface area contributed by atoms with Crippen LogP contribution in [0.4, 0.5) is 0 Å². The number of nitrogens with one attached hydrogen (secondary N) is 1. The molecule has 0 saturated carbocycles. The maximum Gasteiger partial charge on any atom is 0.0953 e. The summed E-state index contributed by atoms with van der Waals surface area (Å²) >= 11 is 0. The van der Waals surface area contributed by atoms with Gasteiger partial charge in [-0.25, -0.2) is 4.98 Å². The number of rotatable bonds is 4. The molecule has 5 heteroatoms. The van der Waals surface area contributed by atoms with Crippen molar-refractivity contribution in [3.05, 3.63) is 36.2 Å². The largest absolute Gasteiger partial charge is 0.331 e. The highest BCUT2D eigenvalue weighted by molar-refractivity contribution is 5.04. The summed E-state index contributed by atoms with van der Waals surface area (Å²) in [6.45, 7) is 8.06. The Labute approximate surface area is 108 Å². The van der Waals surface area contributed by atoms with Gasteiger partial charge in [0.15, 0.2) is 0 Å². The van der Waals surface area contributed by atoms with E-state index in [4.69, 9.17) is 0 Å². The van der Waals surface area contributed by atoms with Gasteiger partial charge < -0.3 is 9.88 Å². The van der Waals surface area contributed by atoms with E-state index < -0.39 is 0 Å². The lowest BCUT2D eigenvalue weighted by Gasteiger charge is -2.19. The zero-order chi connectivity index (χ0) is 13.2. The minimum Gasteiger partial charge on any atom is -0.331 e. The minimum atomic E-state index is 0.117. The predicted molar refractivity (Wildman–Crippen MR) is 71.1 cm³/mol. The molecule has 0 spiro atoms. The van der Waals surface area contributed by atoms with Crippen molar-refractivity contribution in [2.24, 2.45) is 7.05 Å². The first-order chi connectivity index (χ1) is 8.44. The molecule has 1 N–H and O–H groups in total. The van der Waals surface area contributed by atoms with Crippen molar-refractivity contribution in [3.63, 3.8) is 0 Å². The van der Waals surface area contributed by atoms with Crippen LogP contribution in [0, 0.1) is 0 Å². The highest BCUT2D eigenvalue weighted by atomic mass is 15.3. The lowest BCUT2D eigenvalue weighted by molar-refractivity contribution is 0.421. The zero-order valence-corrected chi connectivity index (χ0v) is 11.5. The summed E-state index contributed by atoms with van der Waals surface area (Å²) in [6, 6.07) is 2.02. The van der Waals surface area contributed by atoms with E-state index in [1.807, 2.05) is 30.3 Å². The van der Waals surface area contributed by atoms with Gasteiger partial charge in [0.2, 0.25) is 0 Å². The summed E-state index contributed by atoms with van der Waals surface area (Å²) in [7, 11) is 1.95. The second-order valence-electron chi connectivity index (χ2n) is 5.59. The molecule has 2 heterocycles. The average molecular weight is 247 g/mol. The van der Waals surface area contributed by atoms with Crippen LogP contribution in [0.15, 0.2) is 24.8 Å². The van der Waals surface area contributed by atoms with Crippen LogP contribution in [0.2, 0.25) is 0 Å². The number of aryl methyl sites for hydroxylation is 1. The molecule has 0 amide bonds. The van der Waals surface area contributed by atoms with E-state index in [-0.39, 0.29) is 5.54 Å². The van der Waals surface area contributed by atoms with Crippen molar-refractivity contribution in [2.75, 3.05) is 0 Å². The molecule has 98 valence electrons. The van der Waals surface area contributed by atoms with Gasteiger partial charge in [-0.3, -0.25) is 4.68 Å². The molecule has 0 aromatic carbocycles. The number of hydrogen-bond donors (Lipinski definition) is 1. The SMILES string of the molecule is Cn1nccc1Cn1cnc(CNC(C)(C)C)c1. The Morgan fingerprint density at radius 2 is 2.11 bits per heavy atom. The minimum absolute atomic E-state index is 0.117. The zero-order valence-electron chi connectivity index (χ0n) is 11.5. The molecule has 0 aliphatic rings. The van der Waals surface area contributed by atoms with Crippen LogP contribution in [-0.4, -0.2) is 24.9 Å². The Bertz CT molecular complexity index is 503. The molecule has 2 aromatic rings. The van der Waals surface area contributed by atoms with Gasteiger partial charge in [0.05, 0.1) is 24.3 Å². The van der Waals surface area contributed by atoms with Crippen molar-refractivity contribution in [2.45, 2.75) is 39.4 Å². The molecule has 0 unspecified atom stereocenters. The summed E-state index contributed by atoms with van der Waals surface area (Å²) in [5.41, 5.74) is 2.35. The van der Waals surface area contributed by atoms with Gasteiger partial charge in [0.25, 0.3) is 0 Å². The highest BCUT2D eigenvalue weighted by Crippen LogP contribution is 2.05. The molecule has 0 bridgehead atoms. The molecule has 0 fully saturated rings. The van der Waals surface area contributed by atoms with Crippen LogP contribution in [0.3, 0.4) is 0 Å². The van der Waals surface area contributed by atoms with Crippen molar-refractivity contribution in [1.82, 2.24) is 24.6 Å². The fraction of sp³-hybridized carbons (Fsp3) is 0.538. The normalized spacial score (nSPS) is 12.0. The maximum absolute atomic E-state index is 4.40. The van der Waals surface area contributed by atoms with Gasteiger partial charge in [-0.05, 0) is 26.8 Å². The Hall–Kier alpha value is -1.62. The van der Waals surface area contributed by atoms with E-state index in [0.29, 0.717) is 0 Å². The summed E-state index contributed by atoms with van der Waals surface area (Å²) in [5, 5.41) is 7.59. The molecule has 2 aromatic heterocycles. The maximum atomic E-state index is 4.40. The predicted octanol–water partition coefficient (Wildman–Crippen LogP) is 1.55. The number of hydrogen-bond acceptors (Lipinski definition) is 3. The molecule has 0 aliphatic carbocycles. The third kappa shape index (κ3) is 3.43. The quantitative estimate of drug-likeness (QED) is 0.891. The van der Waals surface area contributed by atoms with Crippen molar-refractivity contribution in [3.8, 4) is 0 Å². The van der Waals surface area contributed by atoms with E-state index in [1.54, 1.807) is 0 Å². The highest BCUT2D eigenvalue weighted by Gasteiger charge is 2.09. The first kappa shape index (κ1) is 12.8. The first-order valence-corrected chi connectivity index (χ1v) is 6.16. The van der Waals surface area contributed by atoms with Gasteiger partial charge in [0, 0.05) is 31.5 Å². The lowest BCUT2D eigenvalue weighted by atomic mass is 10.1. The van der Waals surface area contributed by atoms with Crippen molar-refractivity contribution in [1.29, 1.82) is 0 Å². The molecule has 2 rings (SSSR count). The van der Waals surface area contributed by atoms with Gasteiger partial charge in [-0.1, -0.05) is 0 Å². The summed E-state index contributed by atoms with van der Waals surface area (Å²) in [4.78, 5) is 4.40. The molecule has 0 saturated heterocycles. The molecule has 0 radical (unpaired) electrons. The van der Waals surface area contributed by atoms with Gasteiger partial charge in [0.1, 0.15) is 0 Å². The van der Waals surface area contributed by atoms with Gasteiger partial charge >= 0.3 is 0 Å². The number of nitrogens with zero attached hydrogens (tertiary/aromatic N) is 4. The molecule has 5 nitrogen and oxygen atoms in total. The monoisotopic (exact) mass is 247 g/mol. The van der Waals surface area contributed by atoms with E-state index in [0.717, 1.165) is 18.8 Å². The van der Waals surface area contributed by atoms with E-state index in [9.17, 15) is 0 Å². The Balaban J connectivity index is 1.96. The second-order valence-corrected chi connectivity index (χ2v) is 5.59. The van der Waals surface area contributed by atoms with Crippen LogP contribution in [-0.2, 0) is 20.1 Å². The average Bonchev–Trinajstić information content (AvgIpc) is 2.86. The van der Waals surface area contributed by atoms with E-state index >= 15 is 0 Å². The lowest BCUT2D eigenvalue weighted by Crippen LogP contribution is -2.35. The Morgan fingerprint density at radius 1 is 1.33 bits per heavy atom. The Morgan fingerprint density at radius 3 is 2.72 bits per heavy atom. The second kappa shape index (κ2) is 4.94. The van der Waals surface area contributed by atoms with Crippen LogP contribution < -0.4 is 5.32 Å². The van der Waals surface area contributed by atoms with Gasteiger partial charge in [-0.2, -0.15) is 5.10 Å². The van der Waals surface area contributed by atoms with Crippen LogP contribution in [0.5, 0.6) is 0 Å². The van der Waals surface area contributed by atoms with Crippen molar-refractivity contribution < 1.29 is 0 Å². The molecule has 18 heavy (non-hydrogen) atoms. The fourth-order valence-corrected chi connectivity index (χ4v) is 1.68. The van der Waals surface area contributed by atoms with Crippen LogP contribution in [0.1, 0.15) is 32.2 Å². The van der Waals surface area contributed by atoms with Crippen LogP contribution >= 0.6 is 0 Å². The summed E-state index contributed by atoms with van der Waals surface area (Å²) in [6.07, 6.45) is 5.76. The molecule has 0 atom stereocenters. The van der Waals surface area contributed by atoms with E-state index in [2.05, 4.69) is 46.9 Å². The number of imidazole rings is 1. The van der Waals surface area contributed by atoms with Crippen molar-refractivity contribution >= 4 is 0 Å². The third-order valence-electron chi connectivity index (χ3n) is 2.75. The standard InChI is InChI=1S/C13H21N5/c1-13(2,3)15-7-11-8-18(10-14-11)9-12-5-6-16-17(12)4/h5-6,8,10,15H,7,9H2,1-4H3. The van der Waals surface area contributed by atoms with E-state index in [1.165, 1.54) is 5.69 Å². The first-order valence-electron chi connectivity index (χ1n) is 6.16. The molecular formula is C13H21N5. The molecule has 0 aliphatic heterocycles. The topological polar surface area (TPSA) is 47.7 Å². The summed E-state index contributed by atoms with van der Waals surface area (Å²) in [5.74, 6) is 0. The smallest absolute Gasteiger partial charge is 0.0953 e. The fourth-order valence-electron chi connectivity index (χ4n) is 1.68. The third-order valence-corrected chi connectivity index (χ3v) is 2.75. The summed E-state index contributed by atoms with van der Waals surface area (Å²) < 4.78 is 3.96. The molecular weight excluding hydrogens is 226 g/mol. The van der Waals surface area contributed by atoms with Gasteiger partial charge in [-0.15, -0.1) is 0 Å². The number of aromatic nitrogens is 4. The Kier molecular flexibility index (Phi) is 3.52.